The summed E-state index contributed by atoms with van der Waals surface area (Å²) in [4.78, 5) is 0. The summed E-state index contributed by atoms with van der Waals surface area (Å²) in [5.74, 6) is 1.06. The predicted molar refractivity (Wildman–Crippen MR) is 113 cm³/mol. The highest BCUT2D eigenvalue weighted by molar-refractivity contribution is 5.78. The molecule has 0 aliphatic heterocycles. The molecule has 0 saturated heterocycles. The van der Waals surface area contributed by atoms with E-state index >= 15 is 0 Å². The first kappa shape index (κ1) is 19.1. The number of fused-ring (bicyclic) bond motifs is 3. The van der Waals surface area contributed by atoms with Crippen molar-refractivity contribution in [2.75, 3.05) is 0 Å². The lowest BCUT2D eigenvalue weighted by Crippen LogP contribution is -1.80. The second kappa shape index (κ2) is 9.28. The van der Waals surface area contributed by atoms with E-state index in [4.69, 9.17) is 10.2 Å². The van der Waals surface area contributed by atoms with Crippen LogP contribution in [0.1, 0.15) is 11.1 Å². The largest absolute Gasteiger partial charge is 0.508 e. The zero-order chi connectivity index (χ0) is 19.8. The van der Waals surface area contributed by atoms with Gasteiger partial charge in [0, 0.05) is 12.0 Å². The predicted octanol–water partition coefficient (Wildman–Crippen LogP) is 5.75. The van der Waals surface area contributed by atoms with Gasteiger partial charge in [0.1, 0.15) is 17.2 Å². The fraction of sp³-hybridized carbons (Fsp3) is 0.0400. The van der Waals surface area contributed by atoms with Crippen molar-refractivity contribution in [3.8, 4) is 28.4 Å². The molecule has 5 rings (SSSR count). The molecule has 0 bridgehead atoms. The van der Waals surface area contributed by atoms with E-state index in [1.165, 1.54) is 16.7 Å². The van der Waals surface area contributed by atoms with Crippen LogP contribution in [0.4, 0.5) is 0 Å². The molecule has 0 saturated carbocycles. The van der Waals surface area contributed by atoms with Gasteiger partial charge < -0.3 is 15.3 Å². The molecule has 140 valence electrons. The number of para-hydroxylation sites is 2. The topological polar surface area (TPSA) is 60.7 Å². The summed E-state index contributed by atoms with van der Waals surface area (Å²) >= 11 is 0. The molecule has 0 unspecified atom stereocenters. The number of aromatic hydroxyl groups is 3. The van der Waals surface area contributed by atoms with Gasteiger partial charge in [-0.05, 0) is 47.0 Å². The van der Waals surface area contributed by atoms with Gasteiger partial charge in [0.15, 0.2) is 0 Å². The van der Waals surface area contributed by atoms with Crippen LogP contribution in [0.2, 0.25) is 0 Å². The van der Waals surface area contributed by atoms with E-state index in [0.29, 0.717) is 17.2 Å². The van der Waals surface area contributed by atoms with E-state index in [1.807, 2.05) is 30.3 Å². The van der Waals surface area contributed by atoms with Crippen molar-refractivity contribution in [2.24, 2.45) is 0 Å². The van der Waals surface area contributed by atoms with Crippen LogP contribution >= 0.6 is 0 Å². The highest BCUT2D eigenvalue weighted by Gasteiger charge is 2.19. The van der Waals surface area contributed by atoms with E-state index in [2.05, 4.69) is 18.2 Å². The molecule has 0 fully saturated rings. The first-order valence-corrected chi connectivity index (χ1v) is 9.02. The summed E-state index contributed by atoms with van der Waals surface area (Å²) in [6.07, 6.45) is 0.859. The Labute approximate surface area is 164 Å². The number of hydrogen-bond donors (Lipinski definition) is 3. The van der Waals surface area contributed by atoms with Crippen LogP contribution < -0.4 is 0 Å². The molecule has 0 heterocycles. The van der Waals surface area contributed by atoms with Gasteiger partial charge in [-0.3, -0.25) is 0 Å². The highest BCUT2D eigenvalue weighted by Crippen LogP contribution is 2.40. The molecule has 3 N–H and O–H groups in total. The van der Waals surface area contributed by atoms with Crippen LogP contribution in [-0.2, 0) is 6.42 Å². The average molecular weight is 370 g/mol. The van der Waals surface area contributed by atoms with E-state index in [-0.39, 0.29) is 0 Å². The molecule has 0 aromatic heterocycles. The van der Waals surface area contributed by atoms with Crippen molar-refractivity contribution >= 4 is 0 Å². The molecule has 28 heavy (non-hydrogen) atoms. The van der Waals surface area contributed by atoms with Crippen LogP contribution in [0.3, 0.4) is 0 Å². The molecular weight excluding hydrogens is 348 g/mol. The molecule has 0 atom stereocenters. The molecule has 0 amide bonds. The second-order valence-corrected chi connectivity index (χ2v) is 6.31. The minimum absolute atomic E-state index is 0.322. The molecule has 1 aliphatic rings. The van der Waals surface area contributed by atoms with Gasteiger partial charge >= 0.3 is 0 Å². The number of hydrogen-bond acceptors (Lipinski definition) is 3. The fourth-order valence-corrected chi connectivity index (χ4v) is 3.00. The third kappa shape index (κ3) is 4.92. The monoisotopic (exact) mass is 370 g/mol. The zero-order valence-corrected chi connectivity index (χ0v) is 15.4. The Bertz CT molecular complexity index is 975. The molecule has 4 aromatic carbocycles. The van der Waals surface area contributed by atoms with Gasteiger partial charge in [-0.15, -0.1) is 0 Å². The van der Waals surface area contributed by atoms with E-state index in [9.17, 15) is 5.11 Å². The number of phenols is 3. The molecular formula is C25H22O3. The van der Waals surface area contributed by atoms with Crippen molar-refractivity contribution in [1.82, 2.24) is 0 Å². The van der Waals surface area contributed by atoms with E-state index in [1.54, 1.807) is 54.6 Å². The molecule has 4 aromatic rings. The summed E-state index contributed by atoms with van der Waals surface area (Å²) in [7, 11) is 0. The lowest BCUT2D eigenvalue weighted by atomic mass is 10.1. The van der Waals surface area contributed by atoms with Crippen molar-refractivity contribution < 1.29 is 15.3 Å². The smallest absolute Gasteiger partial charge is 0.119 e. The molecule has 3 nitrogen and oxygen atoms in total. The maximum atomic E-state index is 9.70. The maximum absolute atomic E-state index is 9.70. The third-order valence-corrected chi connectivity index (χ3v) is 4.34. The average Bonchev–Trinajstić information content (AvgIpc) is 3.11. The first-order valence-electron chi connectivity index (χ1n) is 9.02. The van der Waals surface area contributed by atoms with Crippen LogP contribution in [-0.4, -0.2) is 15.3 Å². The summed E-state index contributed by atoms with van der Waals surface area (Å²) in [5, 5.41) is 27.0. The van der Waals surface area contributed by atoms with Crippen molar-refractivity contribution in [3.63, 3.8) is 0 Å². The lowest BCUT2D eigenvalue weighted by molar-refractivity contribution is 0.470. The van der Waals surface area contributed by atoms with Crippen molar-refractivity contribution in [1.29, 1.82) is 0 Å². The number of benzene rings is 4. The number of phenolic OH excluding ortho intramolecular Hbond substituents is 3. The quantitative estimate of drug-likeness (QED) is 0.325. The van der Waals surface area contributed by atoms with Crippen LogP contribution in [0.25, 0.3) is 11.1 Å². The Balaban J connectivity index is 0.000000136. The molecule has 3 heteroatoms. The minimum atomic E-state index is 0.322. The van der Waals surface area contributed by atoms with Gasteiger partial charge in [-0.2, -0.15) is 0 Å². The van der Waals surface area contributed by atoms with Crippen molar-refractivity contribution in [3.05, 3.63) is 114 Å². The summed E-state index contributed by atoms with van der Waals surface area (Å²) in [6.45, 7) is 0. The Kier molecular flexibility index (Phi) is 6.32. The number of rotatable bonds is 0. The Morgan fingerprint density at radius 2 is 0.964 bits per heavy atom. The Morgan fingerprint density at radius 1 is 0.464 bits per heavy atom. The Morgan fingerprint density at radius 3 is 1.50 bits per heavy atom. The van der Waals surface area contributed by atoms with E-state index < -0.39 is 0 Å². The SMILES string of the molecule is Oc1cccc2c1Cc1ccccc1-2.Oc1ccccc1.Oc1ccccc1. The first-order chi connectivity index (χ1) is 13.6. The van der Waals surface area contributed by atoms with Crippen LogP contribution in [0.5, 0.6) is 17.2 Å². The van der Waals surface area contributed by atoms with E-state index in [0.717, 1.165) is 12.0 Å². The molecule has 1 aliphatic carbocycles. The molecule has 0 spiro atoms. The van der Waals surface area contributed by atoms with Gasteiger partial charge in [0.25, 0.3) is 0 Å². The second-order valence-electron chi connectivity index (χ2n) is 6.31. The van der Waals surface area contributed by atoms with Crippen molar-refractivity contribution in [2.45, 2.75) is 6.42 Å². The van der Waals surface area contributed by atoms with Gasteiger partial charge in [-0.25, -0.2) is 0 Å². The normalized spacial score (nSPS) is 10.4. The zero-order valence-electron chi connectivity index (χ0n) is 15.4. The van der Waals surface area contributed by atoms with Gasteiger partial charge in [0.2, 0.25) is 0 Å². The fourth-order valence-electron chi connectivity index (χ4n) is 3.00. The minimum Gasteiger partial charge on any atom is -0.508 e. The highest BCUT2D eigenvalue weighted by atomic mass is 16.3. The lowest BCUT2D eigenvalue weighted by Gasteiger charge is -2.01. The Hall–Kier alpha value is -3.72. The third-order valence-electron chi connectivity index (χ3n) is 4.34. The van der Waals surface area contributed by atoms with Gasteiger partial charge in [-0.1, -0.05) is 72.8 Å². The maximum Gasteiger partial charge on any atom is 0.119 e. The van der Waals surface area contributed by atoms with Gasteiger partial charge in [0.05, 0.1) is 0 Å². The standard InChI is InChI=1S/C13H10O.2C6H6O/c14-13-7-3-6-11-10-5-2-1-4-9(10)8-12(11)13;2*7-6-4-2-1-3-5-6/h1-7,14H,8H2;2*1-5,7H. The van der Waals surface area contributed by atoms with Crippen LogP contribution in [0, 0.1) is 0 Å². The summed E-state index contributed by atoms with van der Waals surface area (Å²) < 4.78 is 0. The molecule has 0 radical (unpaired) electrons. The summed E-state index contributed by atoms with van der Waals surface area (Å²) in [5.41, 5.74) is 4.82. The van der Waals surface area contributed by atoms with Crippen LogP contribution in [0.15, 0.2) is 103 Å². The summed E-state index contributed by atoms with van der Waals surface area (Å²) in [6, 6.07) is 31.5.